The molecule has 0 bridgehead atoms. The van der Waals surface area contributed by atoms with Crippen LogP contribution in [0, 0.1) is 5.92 Å². The first-order valence-corrected chi connectivity index (χ1v) is 8.91. The number of benzene rings is 1. The fraction of sp³-hybridized carbons (Fsp3) is 0.273. The van der Waals surface area contributed by atoms with Crippen LogP contribution in [0.25, 0.3) is 0 Å². The first-order chi connectivity index (χ1) is 12.6. The maximum atomic E-state index is 13.1. The zero-order valence-electron chi connectivity index (χ0n) is 15.3. The van der Waals surface area contributed by atoms with Crippen LogP contribution < -0.4 is 0 Å². The van der Waals surface area contributed by atoms with Crippen LogP contribution in [0.3, 0.4) is 0 Å². The van der Waals surface area contributed by atoms with Gasteiger partial charge in [0.15, 0.2) is 0 Å². The van der Waals surface area contributed by atoms with E-state index in [0.717, 1.165) is 17.7 Å². The highest BCUT2D eigenvalue weighted by molar-refractivity contribution is 5.94. The number of amides is 1. The molecule has 134 valence electrons. The predicted molar refractivity (Wildman–Crippen MR) is 102 cm³/mol. The molecule has 0 aliphatic rings. The average molecular weight is 348 g/mol. The third kappa shape index (κ3) is 4.82. The van der Waals surface area contributed by atoms with Crippen LogP contribution in [0.5, 0.6) is 0 Å². The lowest BCUT2D eigenvalue weighted by Gasteiger charge is -2.22. The number of carbonyl (C=O) groups excluding carboxylic acids is 1. The van der Waals surface area contributed by atoms with Crippen molar-refractivity contribution in [3.05, 3.63) is 89.6 Å². The molecule has 2 heterocycles. The zero-order chi connectivity index (χ0) is 18.4. The van der Waals surface area contributed by atoms with Crippen molar-refractivity contribution >= 4 is 5.91 Å². The Morgan fingerprint density at radius 3 is 2.46 bits per heavy atom. The van der Waals surface area contributed by atoms with E-state index >= 15 is 0 Å². The highest BCUT2D eigenvalue weighted by Gasteiger charge is 2.18. The summed E-state index contributed by atoms with van der Waals surface area (Å²) in [6.45, 7) is 5.30. The molecule has 2 aromatic heterocycles. The van der Waals surface area contributed by atoms with Gasteiger partial charge in [0.1, 0.15) is 5.76 Å². The summed E-state index contributed by atoms with van der Waals surface area (Å²) in [7, 11) is 0. The van der Waals surface area contributed by atoms with Crippen molar-refractivity contribution in [2.24, 2.45) is 5.92 Å². The predicted octanol–water partition coefficient (Wildman–Crippen LogP) is 4.72. The second kappa shape index (κ2) is 8.48. The van der Waals surface area contributed by atoms with Crippen molar-refractivity contribution in [1.82, 2.24) is 9.88 Å². The molecule has 0 saturated carbocycles. The normalized spacial score (nSPS) is 10.9. The molecule has 0 saturated heterocycles. The van der Waals surface area contributed by atoms with Gasteiger partial charge in [-0.3, -0.25) is 9.78 Å². The molecule has 0 aliphatic heterocycles. The van der Waals surface area contributed by atoms with Crippen LogP contribution >= 0.6 is 0 Å². The number of hydrogen-bond donors (Lipinski definition) is 0. The van der Waals surface area contributed by atoms with E-state index in [4.69, 9.17) is 4.42 Å². The van der Waals surface area contributed by atoms with Crippen LogP contribution in [0.1, 0.15) is 41.1 Å². The van der Waals surface area contributed by atoms with Crippen LogP contribution in [0.15, 0.2) is 71.6 Å². The summed E-state index contributed by atoms with van der Waals surface area (Å²) in [4.78, 5) is 19.0. The number of pyridine rings is 1. The van der Waals surface area contributed by atoms with Gasteiger partial charge < -0.3 is 9.32 Å². The lowest BCUT2D eigenvalue weighted by molar-refractivity contribution is 0.0717. The summed E-state index contributed by atoms with van der Waals surface area (Å²) < 4.78 is 5.44. The van der Waals surface area contributed by atoms with Crippen molar-refractivity contribution in [3.63, 3.8) is 0 Å². The minimum absolute atomic E-state index is 0.0126. The second-order valence-electron chi connectivity index (χ2n) is 6.90. The Morgan fingerprint density at radius 1 is 1.04 bits per heavy atom. The van der Waals surface area contributed by atoms with Crippen molar-refractivity contribution in [2.75, 3.05) is 0 Å². The third-order valence-corrected chi connectivity index (χ3v) is 4.16. The smallest absolute Gasteiger partial charge is 0.254 e. The first-order valence-electron chi connectivity index (χ1n) is 8.91. The van der Waals surface area contributed by atoms with Crippen LogP contribution in [0.4, 0.5) is 0 Å². The molecule has 1 amide bonds. The van der Waals surface area contributed by atoms with E-state index in [0.29, 0.717) is 24.6 Å². The van der Waals surface area contributed by atoms with Crippen molar-refractivity contribution in [2.45, 2.75) is 33.4 Å². The van der Waals surface area contributed by atoms with E-state index < -0.39 is 0 Å². The summed E-state index contributed by atoms with van der Waals surface area (Å²) in [6, 6.07) is 15.5. The van der Waals surface area contributed by atoms with Crippen molar-refractivity contribution in [1.29, 1.82) is 0 Å². The molecule has 0 spiro atoms. The average Bonchev–Trinajstić information content (AvgIpc) is 3.15. The quantitative estimate of drug-likeness (QED) is 0.621. The molecule has 0 radical (unpaired) electrons. The fourth-order valence-corrected chi connectivity index (χ4v) is 2.94. The van der Waals surface area contributed by atoms with E-state index in [-0.39, 0.29) is 5.91 Å². The second-order valence-corrected chi connectivity index (χ2v) is 6.90. The van der Waals surface area contributed by atoms with Gasteiger partial charge in [0.05, 0.1) is 12.8 Å². The minimum Gasteiger partial charge on any atom is -0.467 e. The minimum atomic E-state index is -0.0126. The van der Waals surface area contributed by atoms with E-state index in [1.807, 2.05) is 48.5 Å². The molecular formula is C22H24N2O2. The Kier molecular flexibility index (Phi) is 5.84. The Labute approximate surface area is 154 Å². The zero-order valence-corrected chi connectivity index (χ0v) is 15.3. The van der Waals surface area contributed by atoms with Gasteiger partial charge in [-0.15, -0.1) is 0 Å². The van der Waals surface area contributed by atoms with Gasteiger partial charge in [-0.1, -0.05) is 32.0 Å². The summed E-state index contributed by atoms with van der Waals surface area (Å²) in [6.07, 6.45) is 6.16. The molecular weight excluding hydrogens is 324 g/mol. The van der Waals surface area contributed by atoms with Gasteiger partial charge in [-0.05, 0) is 53.8 Å². The maximum absolute atomic E-state index is 13.1. The third-order valence-electron chi connectivity index (χ3n) is 4.16. The van der Waals surface area contributed by atoms with E-state index in [9.17, 15) is 4.79 Å². The van der Waals surface area contributed by atoms with Crippen LogP contribution in [-0.4, -0.2) is 15.8 Å². The van der Waals surface area contributed by atoms with Gasteiger partial charge in [0.25, 0.3) is 5.91 Å². The van der Waals surface area contributed by atoms with Crippen molar-refractivity contribution < 1.29 is 9.21 Å². The highest BCUT2D eigenvalue weighted by Crippen LogP contribution is 2.16. The summed E-state index contributed by atoms with van der Waals surface area (Å²) in [5.74, 6) is 1.35. The molecule has 0 aliphatic carbocycles. The lowest BCUT2D eigenvalue weighted by Crippen LogP contribution is -2.30. The SMILES string of the molecule is CC(C)Cc1ccc(C(=O)N(Cc2cccnc2)Cc2ccco2)cc1. The molecule has 26 heavy (non-hydrogen) atoms. The molecule has 0 N–H and O–H groups in total. The van der Waals surface area contributed by atoms with Crippen molar-refractivity contribution in [3.8, 4) is 0 Å². The van der Waals surface area contributed by atoms with E-state index in [2.05, 4.69) is 18.8 Å². The number of hydrogen-bond acceptors (Lipinski definition) is 3. The van der Waals surface area contributed by atoms with Gasteiger partial charge in [0.2, 0.25) is 0 Å². The summed E-state index contributed by atoms with van der Waals surface area (Å²) in [5, 5.41) is 0. The van der Waals surface area contributed by atoms with E-state index in [1.54, 1.807) is 23.6 Å². The Balaban J connectivity index is 1.79. The number of furan rings is 1. The summed E-state index contributed by atoms with van der Waals surface area (Å²) in [5.41, 5.74) is 2.93. The van der Waals surface area contributed by atoms with Gasteiger partial charge in [0, 0.05) is 24.5 Å². The monoisotopic (exact) mass is 348 g/mol. The number of nitrogens with zero attached hydrogens (tertiary/aromatic N) is 2. The molecule has 1 aromatic carbocycles. The standard InChI is InChI=1S/C22H24N2O2/c1-17(2)13-18-7-9-20(10-8-18)22(25)24(16-21-6-4-12-26-21)15-19-5-3-11-23-14-19/h3-12,14,17H,13,15-16H2,1-2H3. The highest BCUT2D eigenvalue weighted by atomic mass is 16.3. The number of rotatable bonds is 7. The molecule has 4 nitrogen and oxygen atoms in total. The summed E-state index contributed by atoms with van der Waals surface area (Å²) >= 11 is 0. The first kappa shape index (κ1) is 17.9. The molecule has 3 aromatic rings. The van der Waals surface area contributed by atoms with Gasteiger partial charge in [-0.25, -0.2) is 0 Å². The number of aromatic nitrogens is 1. The molecule has 0 atom stereocenters. The van der Waals surface area contributed by atoms with Crippen LogP contribution in [-0.2, 0) is 19.5 Å². The Bertz CT molecular complexity index is 809. The van der Waals surface area contributed by atoms with E-state index in [1.165, 1.54) is 5.56 Å². The molecule has 0 unspecified atom stereocenters. The van der Waals surface area contributed by atoms with Gasteiger partial charge in [-0.2, -0.15) is 0 Å². The number of carbonyl (C=O) groups is 1. The van der Waals surface area contributed by atoms with Crippen LogP contribution in [0.2, 0.25) is 0 Å². The Morgan fingerprint density at radius 2 is 1.85 bits per heavy atom. The largest absolute Gasteiger partial charge is 0.467 e. The molecule has 0 fully saturated rings. The Hall–Kier alpha value is -2.88. The fourth-order valence-electron chi connectivity index (χ4n) is 2.94. The lowest BCUT2D eigenvalue weighted by atomic mass is 10.0. The maximum Gasteiger partial charge on any atom is 0.254 e. The molecule has 4 heteroatoms. The van der Waals surface area contributed by atoms with Gasteiger partial charge >= 0.3 is 0 Å². The molecule has 3 rings (SSSR count). The topological polar surface area (TPSA) is 46.3 Å².